The maximum absolute atomic E-state index is 12.4. The van der Waals surface area contributed by atoms with Crippen LogP contribution in [0.3, 0.4) is 0 Å². The summed E-state index contributed by atoms with van der Waals surface area (Å²) in [5, 5.41) is 4.00. The van der Waals surface area contributed by atoms with Gasteiger partial charge in [0.05, 0.1) is 5.69 Å². The molecule has 2 aromatic rings. The van der Waals surface area contributed by atoms with E-state index in [1.165, 1.54) is 55.8 Å². The number of anilines is 1. The maximum atomic E-state index is 12.4. The number of nitrogens with one attached hydrogen (secondary N) is 1. The molecule has 0 spiro atoms. The van der Waals surface area contributed by atoms with Gasteiger partial charge in [0, 0.05) is 35.8 Å². The minimum Gasteiger partial charge on any atom is -0.375 e. The van der Waals surface area contributed by atoms with Crippen LogP contribution in [-0.2, 0) is 24.1 Å². The average molecular weight is 470 g/mol. The number of hydrogen-bond donors (Lipinski definition) is 2. The Morgan fingerprint density at radius 3 is 2.85 bits per heavy atom. The summed E-state index contributed by atoms with van der Waals surface area (Å²) in [5.41, 5.74) is 8.31. The van der Waals surface area contributed by atoms with Gasteiger partial charge in [-0.2, -0.15) is 0 Å². The van der Waals surface area contributed by atoms with Gasteiger partial charge >= 0.3 is 0 Å². The molecule has 0 aliphatic heterocycles. The SMILES string of the molecule is CCCN(CCC1CCC(NC(=O)CCc2cccnc2)CC1)C1CCc2nc(N)sc2C1. The largest absolute Gasteiger partial charge is 0.375 e. The number of aryl methyl sites for hydroxylation is 2. The van der Waals surface area contributed by atoms with Gasteiger partial charge in [0.25, 0.3) is 0 Å². The van der Waals surface area contributed by atoms with Gasteiger partial charge in [-0.05, 0) is 94.8 Å². The number of carbonyl (C=O) groups excluding carboxylic acids is 1. The summed E-state index contributed by atoms with van der Waals surface area (Å²) in [6.07, 6.45) is 15.5. The summed E-state index contributed by atoms with van der Waals surface area (Å²) in [4.78, 5) is 25.1. The first-order chi connectivity index (χ1) is 16.1. The van der Waals surface area contributed by atoms with Crippen molar-refractivity contribution in [1.82, 2.24) is 20.2 Å². The van der Waals surface area contributed by atoms with Gasteiger partial charge in [0.1, 0.15) is 0 Å². The maximum Gasteiger partial charge on any atom is 0.220 e. The number of aromatic nitrogens is 2. The molecule has 2 aliphatic carbocycles. The first kappa shape index (κ1) is 24.1. The molecule has 2 aromatic heterocycles. The van der Waals surface area contributed by atoms with Crippen LogP contribution in [0.15, 0.2) is 24.5 Å². The second-order valence-electron chi connectivity index (χ2n) is 9.79. The number of carbonyl (C=O) groups is 1. The van der Waals surface area contributed by atoms with E-state index in [1.54, 1.807) is 17.5 Å². The molecule has 33 heavy (non-hydrogen) atoms. The number of thiazole rings is 1. The Morgan fingerprint density at radius 1 is 1.24 bits per heavy atom. The van der Waals surface area contributed by atoms with Crippen LogP contribution >= 0.6 is 11.3 Å². The monoisotopic (exact) mass is 469 g/mol. The van der Waals surface area contributed by atoms with Gasteiger partial charge in [0.2, 0.25) is 5.91 Å². The first-order valence-electron chi connectivity index (χ1n) is 12.8. The van der Waals surface area contributed by atoms with Gasteiger partial charge < -0.3 is 16.0 Å². The zero-order valence-electron chi connectivity index (χ0n) is 20.0. The molecule has 1 fully saturated rings. The highest BCUT2D eigenvalue weighted by Gasteiger charge is 2.28. The summed E-state index contributed by atoms with van der Waals surface area (Å²) >= 11 is 1.69. The van der Waals surface area contributed by atoms with Crippen molar-refractivity contribution in [2.24, 2.45) is 5.92 Å². The fourth-order valence-electron chi connectivity index (χ4n) is 5.50. The third-order valence-corrected chi connectivity index (χ3v) is 8.31. The van der Waals surface area contributed by atoms with E-state index >= 15 is 0 Å². The lowest BCUT2D eigenvalue weighted by Gasteiger charge is -2.36. The van der Waals surface area contributed by atoms with Gasteiger partial charge in [0.15, 0.2) is 5.13 Å². The van der Waals surface area contributed by atoms with E-state index in [9.17, 15) is 4.79 Å². The van der Waals surface area contributed by atoms with Crippen LogP contribution in [0.5, 0.6) is 0 Å². The van der Waals surface area contributed by atoms with E-state index in [0.717, 1.165) is 48.7 Å². The predicted octanol–water partition coefficient (Wildman–Crippen LogP) is 4.39. The van der Waals surface area contributed by atoms with Crippen LogP contribution in [0.25, 0.3) is 0 Å². The van der Waals surface area contributed by atoms with E-state index in [0.29, 0.717) is 18.5 Å². The lowest BCUT2D eigenvalue weighted by atomic mass is 9.83. The van der Waals surface area contributed by atoms with E-state index in [-0.39, 0.29) is 5.91 Å². The Hall–Kier alpha value is -1.99. The molecule has 2 heterocycles. The average Bonchev–Trinajstić information content (AvgIpc) is 3.21. The molecule has 4 rings (SSSR count). The number of amides is 1. The van der Waals surface area contributed by atoms with E-state index in [4.69, 9.17) is 5.73 Å². The van der Waals surface area contributed by atoms with Crippen LogP contribution in [0, 0.1) is 5.92 Å². The van der Waals surface area contributed by atoms with Gasteiger partial charge in [-0.3, -0.25) is 9.78 Å². The second-order valence-corrected chi connectivity index (χ2v) is 10.9. The zero-order chi connectivity index (χ0) is 23.0. The number of nitrogen functional groups attached to an aromatic ring is 1. The third-order valence-electron chi connectivity index (χ3n) is 7.36. The molecular formula is C26H39N5OS. The minimum absolute atomic E-state index is 0.178. The summed E-state index contributed by atoms with van der Waals surface area (Å²) in [7, 11) is 0. The van der Waals surface area contributed by atoms with E-state index in [2.05, 4.69) is 27.1 Å². The predicted molar refractivity (Wildman–Crippen MR) is 135 cm³/mol. The fourth-order valence-corrected chi connectivity index (χ4v) is 6.45. The van der Waals surface area contributed by atoms with Crippen molar-refractivity contribution in [3.8, 4) is 0 Å². The van der Waals surface area contributed by atoms with Crippen LogP contribution < -0.4 is 11.1 Å². The van der Waals surface area contributed by atoms with Crippen molar-refractivity contribution in [2.45, 2.75) is 89.6 Å². The van der Waals surface area contributed by atoms with E-state index < -0.39 is 0 Å². The molecule has 6 nitrogen and oxygen atoms in total. The molecule has 3 N–H and O–H groups in total. The number of nitrogens with zero attached hydrogens (tertiary/aromatic N) is 3. The summed E-state index contributed by atoms with van der Waals surface area (Å²) in [6, 6.07) is 4.94. The van der Waals surface area contributed by atoms with E-state index in [1.807, 2.05) is 18.3 Å². The molecule has 1 amide bonds. The quantitative estimate of drug-likeness (QED) is 0.539. The lowest BCUT2D eigenvalue weighted by molar-refractivity contribution is -0.122. The Morgan fingerprint density at radius 2 is 2.09 bits per heavy atom. The van der Waals surface area contributed by atoms with Crippen LogP contribution in [0.2, 0.25) is 0 Å². The third kappa shape index (κ3) is 7.00. The van der Waals surface area contributed by atoms with Crippen molar-refractivity contribution in [2.75, 3.05) is 18.8 Å². The van der Waals surface area contributed by atoms with Crippen molar-refractivity contribution in [1.29, 1.82) is 0 Å². The lowest BCUT2D eigenvalue weighted by Crippen LogP contribution is -2.41. The number of rotatable bonds is 10. The van der Waals surface area contributed by atoms with Crippen molar-refractivity contribution in [3.05, 3.63) is 40.7 Å². The van der Waals surface area contributed by atoms with Crippen molar-refractivity contribution in [3.63, 3.8) is 0 Å². The Kier molecular flexibility index (Phi) is 8.73. The van der Waals surface area contributed by atoms with Gasteiger partial charge in [-0.1, -0.05) is 13.0 Å². The zero-order valence-corrected chi connectivity index (χ0v) is 20.8. The smallest absolute Gasteiger partial charge is 0.220 e. The fraction of sp³-hybridized carbons (Fsp3) is 0.654. The molecular weight excluding hydrogens is 430 g/mol. The van der Waals surface area contributed by atoms with Crippen LogP contribution in [-0.4, -0.2) is 45.9 Å². The highest BCUT2D eigenvalue weighted by Crippen LogP contribution is 2.32. The number of pyridine rings is 1. The van der Waals surface area contributed by atoms with Crippen LogP contribution in [0.4, 0.5) is 5.13 Å². The molecule has 2 aliphatic rings. The minimum atomic E-state index is 0.178. The number of fused-ring (bicyclic) bond motifs is 1. The van der Waals surface area contributed by atoms with Crippen LogP contribution in [0.1, 0.15) is 74.4 Å². The summed E-state index contributed by atoms with van der Waals surface area (Å²) in [6.45, 7) is 4.65. The summed E-state index contributed by atoms with van der Waals surface area (Å²) in [5.74, 6) is 0.961. The first-order valence-corrected chi connectivity index (χ1v) is 13.6. The van der Waals surface area contributed by atoms with Gasteiger partial charge in [-0.15, -0.1) is 11.3 Å². The van der Waals surface area contributed by atoms with Gasteiger partial charge in [-0.25, -0.2) is 4.98 Å². The molecule has 180 valence electrons. The number of nitrogens with two attached hydrogens (primary N) is 1. The molecule has 1 atom stereocenters. The Balaban J connectivity index is 1.17. The highest BCUT2D eigenvalue weighted by atomic mass is 32.1. The molecule has 1 saturated carbocycles. The summed E-state index contributed by atoms with van der Waals surface area (Å²) < 4.78 is 0. The molecule has 0 bridgehead atoms. The van der Waals surface area contributed by atoms with Crippen molar-refractivity contribution < 1.29 is 4.79 Å². The molecule has 0 aromatic carbocycles. The molecule has 0 radical (unpaired) electrons. The Labute approximate surface area is 202 Å². The standard InChI is InChI=1S/C26H39N5OS/c1-2-15-31(22-10-11-23-24(17-22)33-26(27)30-23)16-13-19-5-8-21(9-6-19)29-25(32)12-7-20-4-3-14-28-18-20/h3-4,14,18-19,21-22H,2,5-13,15-17H2,1H3,(H2,27,30)(H,29,32). The molecule has 7 heteroatoms. The van der Waals surface area contributed by atoms with Crippen molar-refractivity contribution >= 4 is 22.4 Å². The normalized spacial score (nSPS) is 22.8. The second kappa shape index (κ2) is 11.9. The Bertz CT molecular complexity index is 878. The highest BCUT2D eigenvalue weighted by molar-refractivity contribution is 7.15. The number of hydrogen-bond acceptors (Lipinski definition) is 6. The topological polar surface area (TPSA) is 84.1 Å². The molecule has 0 saturated heterocycles. The molecule has 1 unspecified atom stereocenters.